The number of hydrogen-bond donors (Lipinski definition) is 2. The van der Waals surface area contributed by atoms with Crippen molar-refractivity contribution in [1.29, 1.82) is 0 Å². The Morgan fingerprint density at radius 3 is 2.76 bits per heavy atom. The lowest BCUT2D eigenvalue weighted by Gasteiger charge is -2.25. The van der Waals surface area contributed by atoms with Gasteiger partial charge in [0, 0.05) is 18.6 Å². The number of hydrogen-bond acceptors (Lipinski definition) is 2. The molecule has 2 atom stereocenters. The number of allylic oxidation sites excluding steroid dienone is 2. The van der Waals surface area contributed by atoms with Crippen LogP contribution in [0.5, 0.6) is 0 Å². The lowest BCUT2D eigenvalue weighted by atomic mass is 10.0. The molecule has 0 aliphatic carbocycles. The lowest BCUT2D eigenvalue weighted by molar-refractivity contribution is -0.860. The number of unbranched alkanes of at least 4 members (excludes halogenated alkanes) is 5. The first kappa shape index (κ1) is 17.5. The Morgan fingerprint density at radius 2 is 2.10 bits per heavy atom. The standard InChI is InChI=1S/C17H27NO3/c1-3-4-5-6-7-8-9-10-15-13-16(21-2)11-12-18(15)14-17(19)20/h3,11-13,15H,1,4-10,14H2,2H3,(H,19,20)/p+1. The highest BCUT2D eigenvalue weighted by molar-refractivity contribution is 5.67. The molecule has 0 radical (unpaired) electrons. The highest BCUT2D eigenvalue weighted by atomic mass is 16.5. The summed E-state index contributed by atoms with van der Waals surface area (Å²) in [6.07, 6.45) is 15.9. The number of carbonyl (C=O) groups is 1. The first-order valence-corrected chi connectivity index (χ1v) is 7.79. The van der Waals surface area contributed by atoms with Crippen molar-refractivity contribution in [2.45, 2.75) is 51.0 Å². The van der Waals surface area contributed by atoms with Crippen LogP contribution in [0.4, 0.5) is 0 Å². The number of quaternary nitrogens is 1. The average molecular weight is 294 g/mol. The molecular weight excluding hydrogens is 266 g/mol. The molecule has 2 unspecified atom stereocenters. The summed E-state index contributed by atoms with van der Waals surface area (Å²) in [6, 6.07) is 0.203. The zero-order valence-electron chi connectivity index (χ0n) is 13.0. The molecule has 1 aliphatic rings. The van der Waals surface area contributed by atoms with E-state index in [1.807, 2.05) is 18.4 Å². The van der Waals surface area contributed by atoms with E-state index in [0.717, 1.165) is 29.9 Å². The maximum atomic E-state index is 10.9. The van der Waals surface area contributed by atoms with Crippen molar-refractivity contribution in [2.75, 3.05) is 13.7 Å². The zero-order valence-corrected chi connectivity index (χ0v) is 13.0. The maximum absolute atomic E-state index is 10.9. The van der Waals surface area contributed by atoms with Gasteiger partial charge in [0.05, 0.1) is 13.3 Å². The van der Waals surface area contributed by atoms with Crippen LogP contribution in [0.3, 0.4) is 0 Å². The van der Waals surface area contributed by atoms with E-state index in [9.17, 15) is 4.79 Å². The van der Waals surface area contributed by atoms with Gasteiger partial charge in [0.1, 0.15) is 11.8 Å². The average Bonchev–Trinajstić information content (AvgIpc) is 2.47. The highest BCUT2D eigenvalue weighted by Gasteiger charge is 2.24. The van der Waals surface area contributed by atoms with Gasteiger partial charge in [-0.05, 0) is 19.3 Å². The van der Waals surface area contributed by atoms with Crippen LogP contribution < -0.4 is 4.90 Å². The third-order valence-corrected chi connectivity index (χ3v) is 3.82. The van der Waals surface area contributed by atoms with Crippen molar-refractivity contribution in [3.05, 3.63) is 36.8 Å². The number of aliphatic carboxylic acids is 1. The summed E-state index contributed by atoms with van der Waals surface area (Å²) in [4.78, 5) is 11.9. The van der Waals surface area contributed by atoms with Crippen LogP contribution in [0.15, 0.2) is 36.8 Å². The molecule has 4 heteroatoms. The Bertz CT molecular complexity index is 387. The normalized spacial score (nSPS) is 20.9. The van der Waals surface area contributed by atoms with E-state index in [-0.39, 0.29) is 12.6 Å². The van der Waals surface area contributed by atoms with Crippen molar-refractivity contribution < 1.29 is 19.5 Å². The fraction of sp³-hybridized carbons (Fsp3) is 0.588. The van der Waals surface area contributed by atoms with Crippen molar-refractivity contribution >= 4 is 5.97 Å². The molecule has 0 bridgehead atoms. The van der Waals surface area contributed by atoms with Crippen LogP contribution in [0, 0.1) is 0 Å². The minimum Gasteiger partial charge on any atom is -0.497 e. The second-order valence-corrected chi connectivity index (χ2v) is 5.49. The second kappa shape index (κ2) is 10.2. The largest absolute Gasteiger partial charge is 0.497 e. The quantitative estimate of drug-likeness (QED) is 0.454. The molecule has 1 aliphatic heterocycles. The van der Waals surface area contributed by atoms with Gasteiger partial charge in [0.15, 0.2) is 6.54 Å². The lowest BCUT2D eigenvalue weighted by Crippen LogP contribution is -3.12. The van der Waals surface area contributed by atoms with E-state index in [4.69, 9.17) is 9.84 Å². The van der Waals surface area contributed by atoms with Gasteiger partial charge < -0.3 is 9.84 Å². The number of nitrogens with one attached hydrogen (secondary N) is 1. The maximum Gasteiger partial charge on any atom is 0.359 e. The van der Waals surface area contributed by atoms with E-state index in [2.05, 4.69) is 12.7 Å². The molecule has 118 valence electrons. The van der Waals surface area contributed by atoms with Crippen LogP contribution in [0.2, 0.25) is 0 Å². The Morgan fingerprint density at radius 1 is 1.38 bits per heavy atom. The summed E-state index contributed by atoms with van der Waals surface area (Å²) < 4.78 is 5.25. The fourth-order valence-corrected chi connectivity index (χ4v) is 2.63. The molecule has 0 saturated heterocycles. The van der Waals surface area contributed by atoms with E-state index in [1.54, 1.807) is 7.11 Å². The Balaban J connectivity index is 2.33. The zero-order chi connectivity index (χ0) is 15.5. The van der Waals surface area contributed by atoms with E-state index < -0.39 is 5.97 Å². The van der Waals surface area contributed by atoms with Crippen LogP contribution in [0.25, 0.3) is 0 Å². The summed E-state index contributed by atoms with van der Waals surface area (Å²) in [5.41, 5.74) is 0. The van der Waals surface area contributed by atoms with Gasteiger partial charge in [-0.2, -0.15) is 0 Å². The monoisotopic (exact) mass is 294 g/mol. The smallest absolute Gasteiger partial charge is 0.359 e. The molecule has 0 aromatic rings. The predicted octanol–water partition coefficient (Wildman–Crippen LogP) is 2.30. The fourth-order valence-electron chi connectivity index (χ4n) is 2.63. The number of rotatable bonds is 11. The van der Waals surface area contributed by atoms with Crippen LogP contribution in [-0.2, 0) is 9.53 Å². The van der Waals surface area contributed by atoms with Gasteiger partial charge in [-0.15, -0.1) is 6.58 Å². The number of carboxylic acids is 1. The minimum absolute atomic E-state index is 0.119. The molecule has 0 amide bonds. The van der Waals surface area contributed by atoms with Gasteiger partial charge in [0.2, 0.25) is 0 Å². The molecule has 0 spiro atoms. The van der Waals surface area contributed by atoms with E-state index in [0.29, 0.717) is 0 Å². The Hall–Kier alpha value is -1.55. The predicted molar refractivity (Wildman–Crippen MR) is 84.0 cm³/mol. The van der Waals surface area contributed by atoms with Crippen molar-refractivity contribution in [3.63, 3.8) is 0 Å². The summed E-state index contributed by atoms with van der Waals surface area (Å²) in [7, 11) is 1.65. The molecule has 1 heterocycles. The summed E-state index contributed by atoms with van der Waals surface area (Å²) >= 11 is 0. The SMILES string of the molecule is C=CCCCCCCCC1C=C(OC)C=C[NH+]1CC(=O)O. The Labute approximate surface area is 127 Å². The molecule has 1 rings (SSSR count). The molecular formula is C17H28NO3+. The Kier molecular flexibility index (Phi) is 8.51. The summed E-state index contributed by atoms with van der Waals surface area (Å²) in [5.74, 6) is 0.0680. The first-order chi connectivity index (χ1) is 10.2. The second-order valence-electron chi connectivity index (χ2n) is 5.49. The summed E-state index contributed by atoms with van der Waals surface area (Å²) in [6.45, 7) is 3.85. The third-order valence-electron chi connectivity index (χ3n) is 3.82. The highest BCUT2D eigenvalue weighted by Crippen LogP contribution is 2.11. The van der Waals surface area contributed by atoms with Crippen molar-refractivity contribution in [2.24, 2.45) is 0 Å². The van der Waals surface area contributed by atoms with E-state index >= 15 is 0 Å². The molecule has 4 nitrogen and oxygen atoms in total. The summed E-state index contributed by atoms with van der Waals surface area (Å²) in [5, 5.41) is 8.98. The van der Waals surface area contributed by atoms with E-state index in [1.165, 1.54) is 25.7 Å². The van der Waals surface area contributed by atoms with Crippen molar-refractivity contribution in [1.82, 2.24) is 0 Å². The topological polar surface area (TPSA) is 51.0 Å². The minimum atomic E-state index is -0.765. The van der Waals surface area contributed by atoms with Crippen molar-refractivity contribution in [3.8, 4) is 0 Å². The molecule has 0 aromatic carbocycles. The molecule has 2 N–H and O–H groups in total. The van der Waals surface area contributed by atoms with Gasteiger partial charge >= 0.3 is 5.97 Å². The van der Waals surface area contributed by atoms with Crippen LogP contribution in [-0.4, -0.2) is 30.8 Å². The third kappa shape index (κ3) is 7.14. The van der Waals surface area contributed by atoms with Crippen LogP contribution in [0.1, 0.15) is 44.9 Å². The van der Waals surface area contributed by atoms with Gasteiger partial charge in [0.25, 0.3) is 0 Å². The molecule has 0 saturated carbocycles. The number of ether oxygens (including phenoxy) is 1. The number of carboxylic acid groups (broad SMARTS) is 1. The first-order valence-electron chi connectivity index (χ1n) is 7.79. The molecule has 0 fully saturated rings. The van der Waals surface area contributed by atoms with Gasteiger partial charge in [-0.25, -0.2) is 4.79 Å². The van der Waals surface area contributed by atoms with Gasteiger partial charge in [-0.1, -0.05) is 25.3 Å². The van der Waals surface area contributed by atoms with Crippen LogP contribution >= 0.6 is 0 Å². The molecule has 21 heavy (non-hydrogen) atoms. The molecule has 0 aromatic heterocycles. The van der Waals surface area contributed by atoms with Gasteiger partial charge in [-0.3, -0.25) is 4.90 Å². The number of methoxy groups -OCH3 is 1.